The fraction of sp³-hybridized carbons (Fsp3) is 0.357. The van der Waals surface area contributed by atoms with Gasteiger partial charge in [0.05, 0.1) is 6.61 Å². The van der Waals surface area contributed by atoms with Gasteiger partial charge in [-0.05, 0) is 35.8 Å². The third-order valence-electron chi connectivity index (χ3n) is 3.14. The number of halogens is 1. The van der Waals surface area contributed by atoms with Crippen LogP contribution in [0.2, 0.25) is 0 Å². The van der Waals surface area contributed by atoms with Gasteiger partial charge < -0.3 is 15.0 Å². The van der Waals surface area contributed by atoms with E-state index in [1.165, 1.54) is 0 Å². The third kappa shape index (κ3) is 2.82. The van der Waals surface area contributed by atoms with Gasteiger partial charge in [0, 0.05) is 27.1 Å². The first-order valence-corrected chi connectivity index (χ1v) is 6.97. The Morgan fingerprint density at radius 2 is 2.16 bits per heavy atom. The number of carbonyl (C=O) groups is 1. The Labute approximate surface area is 120 Å². The van der Waals surface area contributed by atoms with Gasteiger partial charge in [-0.15, -0.1) is 0 Å². The number of nitrogens with one attached hydrogen (secondary N) is 1. The standard InChI is InChI=1S/C14H17BrN2O2/c1-9(8-18)16-13(19)7-17-10(2)14(15)11-5-3-4-6-12(11)17/h3-6,9,18H,7-8H2,1-2H3,(H,16,19). The zero-order chi connectivity index (χ0) is 14.0. The molecule has 0 aliphatic heterocycles. The van der Waals surface area contributed by atoms with E-state index in [1.807, 2.05) is 35.8 Å². The first-order valence-electron chi connectivity index (χ1n) is 6.18. The molecule has 0 bridgehead atoms. The van der Waals surface area contributed by atoms with Crippen LogP contribution in [0.1, 0.15) is 12.6 Å². The predicted molar refractivity (Wildman–Crippen MR) is 79.1 cm³/mol. The van der Waals surface area contributed by atoms with Gasteiger partial charge in [-0.25, -0.2) is 0 Å². The highest BCUT2D eigenvalue weighted by Crippen LogP contribution is 2.30. The van der Waals surface area contributed by atoms with E-state index >= 15 is 0 Å². The number of carbonyl (C=O) groups excluding carboxylic acids is 1. The summed E-state index contributed by atoms with van der Waals surface area (Å²) in [5.74, 6) is -0.0992. The zero-order valence-corrected chi connectivity index (χ0v) is 12.6. The average Bonchev–Trinajstić information content (AvgIpc) is 2.64. The molecule has 102 valence electrons. The highest BCUT2D eigenvalue weighted by atomic mass is 79.9. The summed E-state index contributed by atoms with van der Waals surface area (Å²) in [5.41, 5.74) is 2.05. The van der Waals surface area contributed by atoms with Crippen molar-refractivity contribution in [3.05, 3.63) is 34.4 Å². The van der Waals surface area contributed by atoms with Crippen molar-refractivity contribution in [2.75, 3.05) is 6.61 Å². The molecule has 0 fully saturated rings. The number of benzene rings is 1. The van der Waals surface area contributed by atoms with Crippen LogP contribution in [0, 0.1) is 6.92 Å². The van der Waals surface area contributed by atoms with Crippen LogP contribution in [0.15, 0.2) is 28.7 Å². The highest BCUT2D eigenvalue weighted by Gasteiger charge is 2.14. The Bertz CT molecular complexity index is 607. The van der Waals surface area contributed by atoms with Gasteiger partial charge in [0.25, 0.3) is 0 Å². The fourth-order valence-electron chi connectivity index (χ4n) is 2.10. The molecule has 0 spiro atoms. The Balaban J connectivity index is 2.30. The topological polar surface area (TPSA) is 54.3 Å². The molecule has 2 aromatic rings. The number of rotatable bonds is 4. The van der Waals surface area contributed by atoms with E-state index in [0.717, 1.165) is 21.1 Å². The smallest absolute Gasteiger partial charge is 0.240 e. The molecule has 1 amide bonds. The molecule has 5 heteroatoms. The molecule has 1 atom stereocenters. The number of para-hydroxylation sites is 1. The Morgan fingerprint density at radius 3 is 2.84 bits per heavy atom. The Morgan fingerprint density at radius 1 is 1.47 bits per heavy atom. The second kappa shape index (κ2) is 5.75. The van der Waals surface area contributed by atoms with Crippen LogP contribution in [0.5, 0.6) is 0 Å². The fourth-order valence-corrected chi connectivity index (χ4v) is 2.65. The number of hydrogen-bond acceptors (Lipinski definition) is 2. The SMILES string of the molecule is Cc1c(Br)c2ccccc2n1CC(=O)NC(C)CO. The molecular weight excluding hydrogens is 308 g/mol. The van der Waals surface area contributed by atoms with Gasteiger partial charge >= 0.3 is 0 Å². The zero-order valence-electron chi connectivity index (χ0n) is 11.0. The molecule has 0 radical (unpaired) electrons. The third-order valence-corrected chi connectivity index (χ3v) is 4.14. The van der Waals surface area contributed by atoms with Crippen molar-refractivity contribution < 1.29 is 9.90 Å². The lowest BCUT2D eigenvalue weighted by molar-refractivity contribution is -0.122. The first kappa shape index (κ1) is 14.1. The maximum atomic E-state index is 11.9. The van der Waals surface area contributed by atoms with E-state index in [1.54, 1.807) is 6.92 Å². The normalized spacial score (nSPS) is 12.6. The van der Waals surface area contributed by atoms with E-state index in [2.05, 4.69) is 21.2 Å². The Kier molecular flexibility index (Phi) is 4.27. The molecule has 1 aromatic heterocycles. The minimum absolute atomic E-state index is 0.0547. The molecule has 1 aromatic carbocycles. The van der Waals surface area contributed by atoms with Crippen molar-refractivity contribution in [3.8, 4) is 0 Å². The van der Waals surface area contributed by atoms with Crippen molar-refractivity contribution >= 4 is 32.7 Å². The number of amides is 1. The lowest BCUT2D eigenvalue weighted by Crippen LogP contribution is -2.37. The molecule has 1 unspecified atom stereocenters. The number of aromatic nitrogens is 1. The number of nitrogens with zero attached hydrogens (tertiary/aromatic N) is 1. The quantitative estimate of drug-likeness (QED) is 0.906. The lowest BCUT2D eigenvalue weighted by atomic mass is 10.2. The minimum Gasteiger partial charge on any atom is -0.394 e. The molecular formula is C14H17BrN2O2. The van der Waals surface area contributed by atoms with E-state index in [-0.39, 0.29) is 25.1 Å². The summed E-state index contributed by atoms with van der Waals surface area (Å²) in [5, 5.41) is 12.8. The highest BCUT2D eigenvalue weighted by molar-refractivity contribution is 9.10. The number of hydrogen-bond donors (Lipinski definition) is 2. The molecule has 4 nitrogen and oxygen atoms in total. The summed E-state index contributed by atoms with van der Waals surface area (Å²) in [7, 11) is 0. The second-order valence-corrected chi connectivity index (χ2v) is 5.45. The lowest BCUT2D eigenvalue weighted by Gasteiger charge is -2.13. The largest absolute Gasteiger partial charge is 0.394 e. The number of aliphatic hydroxyl groups excluding tert-OH is 1. The van der Waals surface area contributed by atoms with Gasteiger partial charge in [0.2, 0.25) is 5.91 Å². The van der Waals surface area contributed by atoms with Gasteiger partial charge in [0.15, 0.2) is 0 Å². The summed E-state index contributed by atoms with van der Waals surface area (Å²) in [4.78, 5) is 11.9. The molecule has 1 heterocycles. The minimum atomic E-state index is -0.224. The average molecular weight is 325 g/mol. The van der Waals surface area contributed by atoms with Crippen molar-refractivity contribution in [2.24, 2.45) is 0 Å². The predicted octanol–water partition coefficient (Wildman–Crippen LogP) is 2.21. The summed E-state index contributed by atoms with van der Waals surface area (Å²) in [6.45, 7) is 3.95. The van der Waals surface area contributed by atoms with Crippen molar-refractivity contribution in [3.63, 3.8) is 0 Å². The van der Waals surface area contributed by atoms with Crippen LogP contribution in [-0.4, -0.2) is 28.2 Å². The van der Waals surface area contributed by atoms with Gasteiger partial charge in [0.1, 0.15) is 6.54 Å². The molecule has 19 heavy (non-hydrogen) atoms. The van der Waals surface area contributed by atoms with Crippen molar-refractivity contribution in [1.82, 2.24) is 9.88 Å². The van der Waals surface area contributed by atoms with Gasteiger partial charge in [-0.1, -0.05) is 18.2 Å². The van der Waals surface area contributed by atoms with Crippen LogP contribution in [0.3, 0.4) is 0 Å². The Hall–Kier alpha value is -1.33. The summed E-state index contributed by atoms with van der Waals surface area (Å²) in [6, 6.07) is 7.73. The summed E-state index contributed by atoms with van der Waals surface area (Å²) >= 11 is 3.56. The van der Waals surface area contributed by atoms with Crippen molar-refractivity contribution in [2.45, 2.75) is 26.4 Å². The van der Waals surface area contributed by atoms with Gasteiger partial charge in [-0.3, -0.25) is 4.79 Å². The van der Waals surface area contributed by atoms with E-state index in [4.69, 9.17) is 5.11 Å². The molecule has 0 saturated heterocycles. The van der Waals surface area contributed by atoms with Crippen LogP contribution < -0.4 is 5.32 Å². The second-order valence-electron chi connectivity index (χ2n) is 4.65. The number of fused-ring (bicyclic) bond motifs is 1. The molecule has 0 aliphatic rings. The number of aliphatic hydroxyl groups is 1. The van der Waals surface area contributed by atoms with Gasteiger partial charge in [-0.2, -0.15) is 0 Å². The molecule has 2 N–H and O–H groups in total. The first-order chi connectivity index (χ1) is 9.04. The summed E-state index contributed by atoms with van der Waals surface area (Å²) in [6.07, 6.45) is 0. The summed E-state index contributed by atoms with van der Waals surface area (Å²) < 4.78 is 2.99. The maximum absolute atomic E-state index is 11.9. The monoisotopic (exact) mass is 324 g/mol. The van der Waals surface area contributed by atoms with Crippen LogP contribution in [-0.2, 0) is 11.3 Å². The van der Waals surface area contributed by atoms with Crippen LogP contribution in [0.4, 0.5) is 0 Å². The molecule has 0 aliphatic carbocycles. The van der Waals surface area contributed by atoms with E-state index < -0.39 is 0 Å². The van der Waals surface area contributed by atoms with E-state index in [9.17, 15) is 4.79 Å². The van der Waals surface area contributed by atoms with Crippen LogP contribution in [0.25, 0.3) is 10.9 Å². The van der Waals surface area contributed by atoms with Crippen LogP contribution >= 0.6 is 15.9 Å². The maximum Gasteiger partial charge on any atom is 0.240 e. The van der Waals surface area contributed by atoms with E-state index in [0.29, 0.717) is 0 Å². The molecule has 2 rings (SSSR count). The molecule has 0 saturated carbocycles. The van der Waals surface area contributed by atoms with Crippen molar-refractivity contribution in [1.29, 1.82) is 0 Å².